The van der Waals surface area contributed by atoms with Crippen LogP contribution in [-0.4, -0.2) is 86.5 Å². The molecule has 1 amide bonds. The Hall–Kier alpha value is -3.03. The fourth-order valence-corrected chi connectivity index (χ4v) is 5.74. The highest BCUT2D eigenvalue weighted by Crippen LogP contribution is 2.38. The number of halogens is 4. The SMILES string of the molecule is CO[C@@H]1[C@@H](n2cc(-c3cc(F)c(Br)c(F)c3)nn2)[C@@H](O)[C@@H](CO)O[C@H]1C(=O)N(c1cc(Cl)cc(C#N)c1)[C@@H]1CC[C@H]1O. The van der Waals surface area contributed by atoms with Crippen molar-refractivity contribution in [3.8, 4) is 17.3 Å². The van der Waals surface area contributed by atoms with Crippen molar-refractivity contribution < 1.29 is 38.4 Å². The molecule has 0 spiro atoms. The number of hydrogen-bond acceptors (Lipinski definition) is 9. The van der Waals surface area contributed by atoms with Crippen LogP contribution in [0.2, 0.25) is 5.02 Å². The smallest absolute Gasteiger partial charge is 0.259 e. The average molecular weight is 669 g/mol. The van der Waals surface area contributed by atoms with Gasteiger partial charge in [-0.25, -0.2) is 13.5 Å². The van der Waals surface area contributed by atoms with Gasteiger partial charge in [0, 0.05) is 23.4 Å². The second-order valence-electron chi connectivity index (χ2n) is 10.0. The molecule has 2 aliphatic rings. The summed E-state index contributed by atoms with van der Waals surface area (Å²) in [6.07, 6.45) is -4.00. The number of aliphatic hydroxyl groups excluding tert-OH is 3. The van der Waals surface area contributed by atoms with Gasteiger partial charge in [0.2, 0.25) is 0 Å². The first kappa shape index (κ1) is 30.4. The molecule has 3 aromatic rings. The summed E-state index contributed by atoms with van der Waals surface area (Å²) in [5.74, 6) is -2.39. The van der Waals surface area contributed by atoms with Crippen molar-refractivity contribution >= 4 is 39.1 Å². The van der Waals surface area contributed by atoms with E-state index in [4.69, 9.17) is 21.1 Å². The third kappa shape index (κ3) is 5.53. The van der Waals surface area contributed by atoms with Crippen LogP contribution in [-0.2, 0) is 14.3 Å². The van der Waals surface area contributed by atoms with E-state index in [0.29, 0.717) is 12.8 Å². The third-order valence-corrected chi connectivity index (χ3v) is 8.52. The molecule has 15 heteroatoms. The fraction of sp³-hybridized carbons (Fsp3) is 0.407. The molecular weight excluding hydrogens is 644 g/mol. The number of rotatable bonds is 7. The van der Waals surface area contributed by atoms with Gasteiger partial charge in [0.05, 0.1) is 41.1 Å². The summed E-state index contributed by atoms with van der Waals surface area (Å²) < 4.78 is 40.8. The van der Waals surface area contributed by atoms with Crippen LogP contribution in [0.1, 0.15) is 24.4 Å². The number of carbonyl (C=O) groups is 1. The zero-order valence-electron chi connectivity index (χ0n) is 21.9. The minimum Gasteiger partial charge on any atom is -0.394 e. The molecule has 222 valence electrons. The summed E-state index contributed by atoms with van der Waals surface area (Å²) in [4.78, 5) is 15.5. The van der Waals surface area contributed by atoms with Crippen molar-refractivity contribution in [3.63, 3.8) is 0 Å². The second-order valence-corrected chi connectivity index (χ2v) is 11.3. The zero-order chi connectivity index (χ0) is 30.3. The fourth-order valence-electron chi connectivity index (χ4n) is 5.28. The molecule has 1 aromatic heterocycles. The van der Waals surface area contributed by atoms with Gasteiger partial charge in [0.1, 0.15) is 41.7 Å². The number of nitriles is 1. The molecule has 1 saturated carbocycles. The number of carbonyl (C=O) groups excluding carboxylic acids is 1. The van der Waals surface area contributed by atoms with Crippen LogP contribution in [0.25, 0.3) is 11.3 Å². The Kier molecular flexibility index (Phi) is 8.91. The Balaban J connectivity index is 1.54. The van der Waals surface area contributed by atoms with Crippen LogP contribution in [0.3, 0.4) is 0 Å². The van der Waals surface area contributed by atoms with Crippen LogP contribution in [0.15, 0.2) is 41.0 Å². The molecule has 1 aliphatic heterocycles. The molecule has 3 N–H and O–H groups in total. The number of aliphatic hydroxyl groups is 3. The van der Waals surface area contributed by atoms with Gasteiger partial charge in [-0.3, -0.25) is 4.79 Å². The third-order valence-electron chi connectivity index (χ3n) is 7.54. The molecule has 2 fully saturated rings. The molecule has 5 rings (SSSR count). The maximum absolute atomic E-state index is 14.2. The van der Waals surface area contributed by atoms with Crippen molar-refractivity contribution in [2.24, 2.45) is 0 Å². The lowest BCUT2D eigenvalue weighted by Crippen LogP contribution is -2.64. The van der Waals surface area contributed by atoms with E-state index in [0.717, 1.165) is 12.1 Å². The predicted molar refractivity (Wildman–Crippen MR) is 147 cm³/mol. The Morgan fingerprint density at radius 3 is 2.55 bits per heavy atom. The maximum atomic E-state index is 14.2. The summed E-state index contributed by atoms with van der Waals surface area (Å²) in [6.45, 7) is -0.676. The number of anilines is 1. The number of methoxy groups -OCH3 is 1. The van der Waals surface area contributed by atoms with Crippen molar-refractivity contribution in [2.75, 3.05) is 18.6 Å². The van der Waals surface area contributed by atoms with Gasteiger partial charge in [0.25, 0.3) is 5.91 Å². The molecule has 0 unspecified atom stereocenters. The lowest BCUT2D eigenvalue weighted by Gasteiger charge is -2.47. The maximum Gasteiger partial charge on any atom is 0.259 e. The predicted octanol–water partition coefficient (Wildman–Crippen LogP) is 2.74. The summed E-state index contributed by atoms with van der Waals surface area (Å²) in [6, 6.07) is 6.65. The molecule has 1 saturated heterocycles. The first-order valence-electron chi connectivity index (χ1n) is 12.8. The van der Waals surface area contributed by atoms with Crippen molar-refractivity contribution in [3.05, 3.63) is 63.2 Å². The summed E-state index contributed by atoms with van der Waals surface area (Å²) in [7, 11) is 1.29. The quantitative estimate of drug-likeness (QED) is 0.323. The van der Waals surface area contributed by atoms with Crippen molar-refractivity contribution in [1.82, 2.24) is 15.0 Å². The van der Waals surface area contributed by atoms with E-state index in [-0.39, 0.29) is 32.0 Å². The first-order chi connectivity index (χ1) is 20.1. The van der Waals surface area contributed by atoms with Crippen molar-refractivity contribution in [2.45, 2.75) is 55.4 Å². The van der Waals surface area contributed by atoms with E-state index in [1.807, 2.05) is 6.07 Å². The largest absolute Gasteiger partial charge is 0.394 e. The lowest BCUT2D eigenvalue weighted by atomic mass is 9.85. The minimum atomic E-state index is -1.45. The molecule has 0 bridgehead atoms. The van der Waals surface area contributed by atoms with Gasteiger partial charge in [-0.05, 0) is 59.1 Å². The van der Waals surface area contributed by atoms with Crippen molar-refractivity contribution in [1.29, 1.82) is 5.26 Å². The normalized spacial score (nSPS) is 27.3. The van der Waals surface area contributed by atoms with Gasteiger partial charge in [-0.1, -0.05) is 16.8 Å². The number of aromatic nitrogens is 3. The number of amides is 1. The van der Waals surface area contributed by atoms with Gasteiger partial charge in [0.15, 0.2) is 6.10 Å². The monoisotopic (exact) mass is 667 g/mol. The van der Waals surface area contributed by atoms with Crippen LogP contribution < -0.4 is 4.90 Å². The number of benzene rings is 2. The van der Waals surface area contributed by atoms with E-state index in [2.05, 4.69) is 26.2 Å². The van der Waals surface area contributed by atoms with Gasteiger partial charge in [-0.2, -0.15) is 5.26 Å². The summed E-state index contributed by atoms with van der Waals surface area (Å²) >= 11 is 9.05. The Labute approximate surface area is 251 Å². The first-order valence-corrected chi connectivity index (χ1v) is 14.0. The van der Waals surface area contributed by atoms with Crippen LogP contribution >= 0.6 is 27.5 Å². The standard InChI is InChI=1S/C27H25BrClF2N5O6/c1-41-25-23(35-10-18(33-34-35)13-6-16(30)22(28)17(31)7-13)24(39)21(11-37)42-26(25)27(40)36(19-2-3-20(19)38)15-5-12(9-32)4-14(29)8-15/h4-8,10,19-21,23-26,37-39H,2-3,11H2,1H3/t19-,20-,21-,23+,24+,25-,26-/m1/s1. The topological polar surface area (TPSA) is 154 Å². The highest BCUT2D eigenvalue weighted by atomic mass is 79.9. The van der Waals surface area contributed by atoms with E-state index in [1.54, 1.807) is 0 Å². The molecule has 11 nitrogen and oxygen atoms in total. The minimum absolute atomic E-state index is 0.0689. The highest BCUT2D eigenvalue weighted by Gasteiger charge is 2.52. The van der Waals surface area contributed by atoms with Crippen LogP contribution in [0.5, 0.6) is 0 Å². The number of ether oxygens (including phenoxy) is 2. The molecule has 7 atom stereocenters. The Morgan fingerprint density at radius 2 is 1.98 bits per heavy atom. The molecule has 1 aliphatic carbocycles. The van der Waals surface area contributed by atoms with E-state index in [1.165, 1.54) is 41.1 Å². The second kappa shape index (κ2) is 12.3. The Morgan fingerprint density at radius 1 is 1.26 bits per heavy atom. The summed E-state index contributed by atoms with van der Waals surface area (Å²) in [5, 5.41) is 49.4. The summed E-state index contributed by atoms with van der Waals surface area (Å²) in [5.41, 5.74) is 0.575. The van der Waals surface area contributed by atoms with Crippen LogP contribution in [0, 0.1) is 23.0 Å². The zero-order valence-corrected chi connectivity index (χ0v) is 24.3. The molecule has 2 heterocycles. The van der Waals surface area contributed by atoms with Gasteiger partial charge < -0.3 is 29.7 Å². The van der Waals surface area contributed by atoms with Gasteiger partial charge in [-0.15, -0.1) is 5.10 Å². The average Bonchev–Trinajstić information content (AvgIpc) is 3.46. The lowest BCUT2D eigenvalue weighted by molar-refractivity contribution is -0.211. The van der Waals surface area contributed by atoms with Gasteiger partial charge >= 0.3 is 0 Å². The van der Waals surface area contributed by atoms with E-state index >= 15 is 0 Å². The van der Waals surface area contributed by atoms with E-state index < -0.39 is 66.8 Å². The number of nitrogens with zero attached hydrogens (tertiary/aromatic N) is 5. The molecular formula is C27H25BrClF2N5O6. The molecule has 2 aromatic carbocycles. The Bertz CT molecular complexity index is 1520. The highest BCUT2D eigenvalue weighted by molar-refractivity contribution is 9.10. The van der Waals surface area contributed by atoms with Crippen LogP contribution in [0.4, 0.5) is 14.5 Å². The van der Waals surface area contributed by atoms with E-state index in [9.17, 15) is 34.2 Å². The number of hydrogen-bond donors (Lipinski definition) is 3. The molecule has 42 heavy (non-hydrogen) atoms. The molecule has 0 radical (unpaired) electrons.